The zero-order chi connectivity index (χ0) is 13.9. The lowest BCUT2D eigenvalue weighted by Gasteiger charge is -2.34. The Hall–Kier alpha value is -1.49. The molecule has 3 rings (SSSR count). The van der Waals surface area contributed by atoms with Crippen molar-refractivity contribution in [1.29, 1.82) is 0 Å². The molecule has 1 aliphatic rings. The summed E-state index contributed by atoms with van der Waals surface area (Å²) in [6, 6.07) is 12.2. The number of fused-ring (bicyclic) bond motifs is 1. The average molecular weight is 272 g/mol. The number of para-hydroxylation sites is 1. The van der Waals surface area contributed by atoms with E-state index in [-0.39, 0.29) is 12.5 Å². The van der Waals surface area contributed by atoms with E-state index >= 15 is 0 Å². The molecule has 2 atom stereocenters. The van der Waals surface area contributed by atoms with Crippen molar-refractivity contribution in [2.45, 2.75) is 19.1 Å². The Morgan fingerprint density at radius 3 is 2.85 bits per heavy atom. The van der Waals surface area contributed by atoms with Gasteiger partial charge in [0.15, 0.2) is 0 Å². The summed E-state index contributed by atoms with van der Waals surface area (Å²) in [5.41, 5.74) is 2.04. The highest BCUT2D eigenvalue weighted by Gasteiger charge is 2.27. The summed E-state index contributed by atoms with van der Waals surface area (Å²) in [6.45, 7) is 2.33. The summed E-state index contributed by atoms with van der Waals surface area (Å²) >= 11 is 0. The lowest BCUT2D eigenvalue weighted by Crippen LogP contribution is -2.44. The van der Waals surface area contributed by atoms with E-state index in [9.17, 15) is 5.11 Å². The minimum atomic E-state index is -0.436. The molecule has 1 aliphatic heterocycles. The average Bonchev–Trinajstić information content (AvgIpc) is 2.47. The van der Waals surface area contributed by atoms with Crippen LogP contribution in [0.15, 0.2) is 36.4 Å². The van der Waals surface area contributed by atoms with Gasteiger partial charge in [-0.25, -0.2) is 0 Å². The molecule has 1 aromatic carbocycles. The predicted octanol–water partition coefficient (Wildman–Crippen LogP) is 1.41. The molecule has 4 heteroatoms. The van der Waals surface area contributed by atoms with Crippen LogP contribution in [0.1, 0.15) is 12.1 Å². The quantitative estimate of drug-likeness (QED) is 0.887. The molecule has 1 saturated heterocycles. The van der Waals surface area contributed by atoms with Crippen molar-refractivity contribution in [3.63, 3.8) is 0 Å². The molecule has 2 aromatic rings. The molecule has 1 fully saturated rings. The third kappa shape index (κ3) is 2.82. The lowest BCUT2D eigenvalue weighted by molar-refractivity contribution is -0.00476. The number of hydrogen-bond acceptors (Lipinski definition) is 4. The van der Waals surface area contributed by atoms with Crippen LogP contribution in [0, 0.1) is 5.92 Å². The van der Waals surface area contributed by atoms with Crippen LogP contribution >= 0.6 is 0 Å². The molecular formula is C16H20N2O2. The van der Waals surface area contributed by atoms with Crippen molar-refractivity contribution < 1.29 is 10.2 Å². The fourth-order valence-electron chi connectivity index (χ4n) is 2.83. The maximum Gasteiger partial charge on any atom is 0.0717 e. The van der Waals surface area contributed by atoms with E-state index < -0.39 is 6.10 Å². The van der Waals surface area contributed by atoms with Crippen molar-refractivity contribution in [3.05, 3.63) is 42.1 Å². The van der Waals surface area contributed by atoms with Crippen molar-refractivity contribution in [2.24, 2.45) is 5.92 Å². The topological polar surface area (TPSA) is 56.6 Å². The van der Waals surface area contributed by atoms with Crippen molar-refractivity contribution in [1.82, 2.24) is 9.88 Å². The summed E-state index contributed by atoms with van der Waals surface area (Å²) in [5.74, 6) is 0.0239. The van der Waals surface area contributed by atoms with E-state index in [1.807, 2.05) is 24.3 Å². The zero-order valence-corrected chi connectivity index (χ0v) is 11.4. The Morgan fingerprint density at radius 2 is 2.05 bits per heavy atom. The first kappa shape index (κ1) is 13.5. The summed E-state index contributed by atoms with van der Waals surface area (Å²) in [5, 5.41) is 20.3. The molecule has 1 aromatic heterocycles. The number of hydrogen-bond donors (Lipinski definition) is 2. The number of aliphatic hydroxyl groups excluding tert-OH is 2. The van der Waals surface area contributed by atoms with Crippen LogP contribution in [0.2, 0.25) is 0 Å². The molecule has 0 aliphatic carbocycles. The molecule has 0 bridgehead atoms. The second kappa shape index (κ2) is 5.87. The van der Waals surface area contributed by atoms with Gasteiger partial charge in [0.25, 0.3) is 0 Å². The summed E-state index contributed by atoms with van der Waals surface area (Å²) in [4.78, 5) is 6.86. The van der Waals surface area contributed by atoms with Gasteiger partial charge in [-0.1, -0.05) is 24.3 Å². The molecule has 0 amide bonds. The summed E-state index contributed by atoms with van der Waals surface area (Å²) in [7, 11) is 0. The largest absolute Gasteiger partial charge is 0.396 e. The smallest absolute Gasteiger partial charge is 0.0717 e. The maximum atomic E-state index is 9.97. The maximum absolute atomic E-state index is 9.97. The third-order valence-corrected chi connectivity index (χ3v) is 4.08. The SMILES string of the molecule is OC[C@@H]1CCN(Cc2ccc3ccccc3n2)C[C@H]1O. The molecular weight excluding hydrogens is 252 g/mol. The summed E-state index contributed by atoms with van der Waals surface area (Å²) in [6.07, 6.45) is 0.403. The van der Waals surface area contributed by atoms with Gasteiger partial charge >= 0.3 is 0 Å². The van der Waals surface area contributed by atoms with Gasteiger partial charge in [0.2, 0.25) is 0 Å². The first-order valence-electron chi connectivity index (χ1n) is 7.12. The van der Waals surface area contributed by atoms with Crippen LogP contribution in [0.4, 0.5) is 0 Å². The highest BCUT2D eigenvalue weighted by molar-refractivity contribution is 5.78. The first-order chi connectivity index (χ1) is 9.76. The Kier molecular flexibility index (Phi) is 3.96. The number of nitrogens with zero attached hydrogens (tertiary/aromatic N) is 2. The van der Waals surface area contributed by atoms with Gasteiger partial charge < -0.3 is 10.2 Å². The zero-order valence-electron chi connectivity index (χ0n) is 11.4. The number of pyridine rings is 1. The number of rotatable bonds is 3. The van der Waals surface area contributed by atoms with Crippen LogP contribution in [-0.4, -0.2) is 45.9 Å². The molecule has 0 radical (unpaired) electrons. The fourth-order valence-corrected chi connectivity index (χ4v) is 2.83. The lowest BCUT2D eigenvalue weighted by atomic mass is 9.95. The van der Waals surface area contributed by atoms with E-state index in [4.69, 9.17) is 5.11 Å². The fraction of sp³-hybridized carbons (Fsp3) is 0.438. The van der Waals surface area contributed by atoms with Crippen LogP contribution in [0.3, 0.4) is 0 Å². The molecule has 0 saturated carbocycles. The van der Waals surface area contributed by atoms with Crippen LogP contribution in [0.25, 0.3) is 10.9 Å². The highest BCUT2D eigenvalue weighted by Crippen LogP contribution is 2.19. The molecule has 2 N–H and O–H groups in total. The van der Waals surface area contributed by atoms with Gasteiger partial charge in [-0.15, -0.1) is 0 Å². The van der Waals surface area contributed by atoms with E-state index in [0.717, 1.165) is 36.1 Å². The second-order valence-electron chi connectivity index (χ2n) is 5.53. The number of β-amino-alcohol motifs (C(OH)–C–C–N with tert-alkyl or cyclic N) is 1. The Balaban J connectivity index is 1.70. The van der Waals surface area contributed by atoms with Gasteiger partial charge in [0.05, 0.1) is 17.3 Å². The third-order valence-electron chi connectivity index (χ3n) is 4.08. The predicted molar refractivity (Wildman–Crippen MR) is 78.2 cm³/mol. The highest BCUT2D eigenvalue weighted by atomic mass is 16.3. The van der Waals surface area contributed by atoms with Gasteiger partial charge in [0.1, 0.15) is 0 Å². The number of piperidine rings is 1. The number of likely N-dealkylation sites (tertiary alicyclic amines) is 1. The second-order valence-corrected chi connectivity index (χ2v) is 5.53. The van der Waals surface area contributed by atoms with Crippen molar-refractivity contribution >= 4 is 10.9 Å². The van der Waals surface area contributed by atoms with Crippen molar-refractivity contribution in [3.8, 4) is 0 Å². The molecule has 20 heavy (non-hydrogen) atoms. The molecule has 0 unspecified atom stereocenters. The van der Waals surface area contributed by atoms with E-state index in [1.54, 1.807) is 0 Å². The van der Waals surface area contributed by atoms with Gasteiger partial charge in [-0.3, -0.25) is 9.88 Å². The molecule has 4 nitrogen and oxygen atoms in total. The van der Waals surface area contributed by atoms with Gasteiger partial charge in [-0.2, -0.15) is 0 Å². The van der Waals surface area contributed by atoms with Crippen LogP contribution in [-0.2, 0) is 6.54 Å². The van der Waals surface area contributed by atoms with E-state index in [2.05, 4.69) is 22.0 Å². The van der Waals surface area contributed by atoms with Gasteiger partial charge in [0, 0.05) is 31.0 Å². The van der Waals surface area contributed by atoms with Crippen LogP contribution in [0.5, 0.6) is 0 Å². The Labute approximate surface area is 118 Å². The molecule has 106 valence electrons. The van der Waals surface area contributed by atoms with E-state index in [0.29, 0.717) is 6.54 Å². The Bertz CT molecular complexity index is 587. The van der Waals surface area contributed by atoms with Crippen molar-refractivity contribution in [2.75, 3.05) is 19.7 Å². The number of aromatic nitrogens is 1. The monoisotopic (exact) mass is 272 g/mol. The minimum absolute atomic E-state index is 0.0239. The first-order valence-corrected chi connectivity index (χ1v) is 7.12. The molecule has 2 heterocycles. The number of aliphatic hydroxyl groups is 2. The minimum Gasteiger partial charge on any atom is -0.396 e. The molecule has 0 spiro atoms. The number of benzene rings is 1. The normalized spacial score (nSPS) is 24.1. The standard InChI is InChI=1S/C16H20N2O2/c19-11-13-7-8-18(10-16(13)20)9-14-6-5-12-3-1-2-4-15(12)17-14/h1-6,13,16,19-20H,7-11H2/t13-,16+/m0/s1. The van der Waals surface area contributed by atoms with E-state index in [1.165, 1.54) is 0 Å². The Morgan fingerprint density at radius 1 is 1.20 bits per heavy atom. The van der Waals surface area contributed by atoms with Crippen LogP contribution < -0.4 is 0 Å². The summed E-state index contributed by atoms with van der Waals surface area (Å²) < 4.78 is 0. The van der Waals surface area contributed by atoms with Gasteiger partial charge in [-0.05, 0) is 25.1 Å².